The molecule has 66 heavy (non-hydrogen) atoms. The van der Waals surface area contributed by atoms with Crippen LogP contribution in [0.15, 0.2) is 79.0 Å². The summed E-state index contributed by atoms with van der Waals surface area (Å²) >= 11 is 0. The normalized spacial score (nSPS) is 18.7. The number of hydrogen-bond acceptors (Lipinski definition) is 14. The van der Waals surface area contributed by atoms with Crippen LogP contribution in [0.25, 0.3) is 17.0 Å². The van der Waals surface area contributed by atoms with E-state index in [0.29, 0.717) is 77.1 Å². The topological polar surface area (TPSA) is 193 Å². The Morgan fingerprint density at radius 2 is 1.56 bits per heavy atom. The molecule has 2 unspecified atom stereocenters. The monoisotopic (exact) mass is 902 g/mol. The Hall–Kier alpha value is -6.83. The zero-order valence-electron chi connectivity index (χ0n) is 36.4. The van der Waals surface area contributed by atoms with Crippen molar-refractivity contribution < 1.29 is 42.6 Å². The third-order valence-corrected chi connectivity index (χ3v) is 12.3. The van der Waals surface area contributed by atoms with Crippen LogP contribution in [0.2, 0.25) is 0 Å². The summed E-state index contributed by atoms with van der Waals surface area (Å²) in [6.45, 7) is 5.56. The van der Waals surface area contributed by atoms with Crippen LogP contribution in [0.3, 0.4) is 0 Å². The number of carbonyl (C=O) groups excluding carboxylic acids is 5. The Balaban J connectivity index is 0.654. The van der Waals surface area contributed by atoms with E-state index in [1.54, 1.807) is 36.5 Å². The van der Waals surface area contributed by atoms with Crippen LogP contribution in [-0.2, 0) is 28.6 Å². The lowest BCUT2D eigenvalue weighted by molar-refractivity contribution is -0.136. The minimum atomic E-state index is -1.03. The van der Waals surface area contributed by atoms with Crippen LogP contribution in [0, 0.1) is 5.82 Å². The maximum Gasteiger partial charge on any atom is 0.264 e. The molecule has 19 heteroatoms. The second-order valence-electron chi connectivity index (χ2n) is 16.4. The van der Waals surface area contributed by atoms with E-state index >= 15 is 0 Å². The molecule has 0 saturated carbocycles. The first-order valence-corrected chi connectivity index (χ1v) is 22.4. The molecule has 0 bridgehead atoms. The van der Waals surface area contributed by atoms with E-state index in [-0.39, 0.29) is 54.8 Å². The Bertz CT molecular complexity index is 2620. The van der Waals surface area contributed by atoms with Crippen molar-refractivity contribution in [3.8, 4) is 11.4 Å². The fourth-order valence-electron chi connectivity index (χ4n) is 9.00. The number of imide groups is 2. The number of imidazole rings is 1. The van der Waals surface area contributed by atoms with Crippen molar-refractivity contribution in [1.82, 2.24) is 34.7 Å². The van der Waals surface area contributed by atoms with Crippen molar-refractivity contribution >= 4 is 52.5 Å². The standard InChI is InChI=1S/C47H51FN10O8/c48-32-6-1-5-31(29-32)36-10-4-18-56(36)41-14-13-39-50-30-38(58(39)53-41)34-8-3-11-40(51-34)54-19-21-55(22-20-54)43(60)16-23-64-25-27-66-28-26-65-24-17-49-35-9-2-7-33-44(35)47(63)57(46(33)62)37-12-15-42(59)52-45(37)61/h1-3,5-9,11,13-14,29-30,36-37,49H,4,10,12,15-28H2,(H,52,59,61). The highest BCUT2D eigenvalue weighted by Crippen LogP contribution is 2.36. The van der Waals surface area contributed by atoms with E-state index in [1.807, 2.05) is 45.8 Å². The molecule has 344 valence electrons. The number of rotatable bonds is 18. The van der Waals surface area contributed by atoms with E-state index in [4.69, 9.17) is 24.3 Å². The van der Waals surface area contributed by atoms with E-state index < -0.39 is 29.7 Å². The molecule has 2 aromatic carbocycles. The highest BCUT2D eigenvalue weighted by atomic mass is 19.1. The number of carbonyl (C=O) groups is 5. The number of benzene rings is 2. The second kappa shape index (κ2) is 20.1. The number of aromatic nitrogens is 4. The van der Waals surface area contributed by atoms with Crippen LogP contribution in [0.5, 0.6) is 0 Å². The number of pyridine rings is 1. The lowest BCUT2D eigenvalue weighted by atomic mass is 10.0. The van der Waals surface area contributed by atoms with Gasteiger partial charge in [-0.15, -0.1) is 5.10 Å². The molecule has 3 aromatic heterocycles. The van der Waals surface area contributed by atoms with E-state index in [0.717, 1.165) is 52.9 Å². The summed E-state index contributed by atoms with van der Waals surface area (Å²) in [5.41, 5.74) is 4.02. The predicted molar refractivity (Wildman–Crippen MR) is 239 cm³/mol. The Morgan fingerprint density at radius 1 is 0.788 bits per heavy atom. The second-order valence-corrected chi connectivity index (χ2v) is 16.4. The molecule has 0 aliphatic carbocycles. The Kier molecular flexibility index (Phi) is 13.5. The quantitative estimate of drug-likeness (QED) is 0.0951. The number of amides is 5. The highest BCUT2D eigenvalue weighted by molar-refractivity contribution is 6.25. The lowest BCUT2D eigenvalue weighted by Gasteiger charge is -2.35. The number of nitrogens with one attached hydrogen (secondary N) is 2. The summed E-state index contributed by atoms with van der Waals surface area (Å²) in [6, 6.07) is 20.5. The van der Waals surface area contributed by atoms with Gasteiger partial charge in [-0.2, -0.15) is 0 Å². The largest absolute Gasteiger partial charge is 0.382 e. The maximum absolute atomic E-state index is 14.1. The Labute approximate surface area is 380 Å². The van der Waals surface area contributed by atoms with Crippen molar-refractivity contribution in [2.45, 2.75) is 44.2 Å². The van der Waals surface area contributed by atoms with Gasteiger partial charge in [0.15, 0.2) is 5.65 Å². The molecule has 0 radical (unpaired) electrons. The van der Waals surface area contributed by atoms with Crippen LogP contribution in [-0.4, -0.2) is 144 Å². The summed E-state index contributed by atoms with van der Waals surface area (Å²) in [4.78, 5) is 80.1. The molecule has 3 fully saturated rings. The third-order valence-electron chi connectivity index (χ3n) is 12.3. The van der Waals surface area contributed by atoms with Gasteiger partial charge >= 0.3 is 0 Å². The van der Waals surface area contributed by atoms with Gasteiger partial charge in [-0.25, -0.2) is 18.9 Å². The van der Waals surface area contributed by atoms with Crippen LogP contribution in [0.1, 0.15) is 64.4 Å². The van der Waals surface area contributed by atoms with Crippen LogP contribution in [0.4, 0.5) is 21.7 Å². The molecular formula is C47H51FN10O8. The molecule has 0 spiro atoms. The zero-order valence-corrected chi connectivity index (χ0v) is 36.4. The number of hydrogen-bond donors (Lipinski definition) is 2. The smallest absolute Gasteiger partial charge is 0.264 e. The summed E-state index contributed by atoms with van der Waals surface area (Å²) in [6.07, 6.45) is 4.11. The fraction of sp³-hybridized carbons (Fsp3) is 0.404. The molecule has 3 saturated heterocycles. The molecule has 5 amide bonds. The Morgan fingerprint density at radius 3 is 2.36 bits per heavy atom. The highest BCUT2D eigenvalue weighted by Gasteiger charge is 2.45. The molecule has 2 N–H and O–H groups in total. The number of fused-ring (bicyclic) bond motifs is 2. The van der Waals surface area contributed by atoms with Gasteiger partial charge in [-0.1, -0.05) is 24.3 Å². The predicted octanol–water partition coefficient (Wildman–Crippen LogP) is 3.87. The van der Waals surface area contributed by atoms with Crippen molar-refractivity contribution in [3.05, 3.63) is 102 Å². The summed E-state index contributed by atoms with van der Waals surface area (Å²) in [5.74, 6) is -0.804. The zero-order chi connectivity index (χ0) is 45.6. The average molecular weight is 903 g/mol. The number of piperidine rings is 1. The van der Waals surface area contributed by atoms with Gasteiger partial charge in [0.25, 0.3) is 11.8 Å². The number of halogens is 1. The first-order chi connectivity index (χ1) is 32.2. The molecule has 4 aliphatic heterocycles. The molecular weight excluding hydrogens is 852 g/mol. The minimum absolute atomic E-state index is 0.0348. The van der Waals surface area contributed by atoms with E-state index in [2.05, 4.69) is 25.4 Å². The molecule has 9 rings (SSSR count). The van der Waals surface area contributed by atoms with Crippen molar-refractivity contribution in [3.63, 3.8) is 0 Å². The minimum Gasteiger partial charge on any atom is -0.382 e. The first kappa shape index (κ1) is 44.4. The summed E-state index contributed by atoms with van der Waals surface area (Å²) in [5, 5.41) is 10.3. The molecule has 2 atom stereocenters. The lowest BCUT2D eigenvalue weighted by Crippen LogP contribution is -2.54. The first-order valence-electron chi connectivity index (χ1n) is 22.4. The van der Waals surface area contributed by atoms with Crippen molar-refractivity contribution in [2.75, 3.05) is 94.0 Å². The maximum atomic E-state index is 14.1. The van der Waals surface area contributed by atoms with Crippen molar-refractivity contribution in [2.24, 2.45) is 0 Å². The summed E-state index contributed by atoms with van der Waals surface area (Å²) < 4.78 is 32.8. The number of nitrogens with zero attached hydrogens (tertiary/aromatic N) is 8. The van der Waals surface area contributed by atoms with Crippen molar-refractivity contribution in [1.29, 1.82) is 0 Å². The average Bonchev–Trinajstić information content (AvgIpc) is 4.06. The summed E-state index contributed by atoms with van der Waals surface area (Å²) in [7, 11) is 0. The number of anilines is 3. The third kappa shape index (κ3) is 9.59. The van der Waals surface area contributed by atoms with E-state index in [1.165, 1.54) is 6.07 Å². The van der Waals surface area contributed by atoms with Gasteiger partial charge in [-0.05, 0) is 73.4 Å². The van der Waals surface area contributed by atoms with Crippen LogP contribution < -0.4 is 20.4 Å². The number of ether oxygens (including phenoxy) is 3. The SMILES string of the molecule is O=C1CCC(N2C(=O)c3cccc(NCCOCCOCCOCCC(=O)N4CCN(c5cccc(-c6cnc7ccc(N8CCCC8c8cccc(F)c8)nn67)n5)CC4)c3C2=O)C(=O)N1. The fourth-order valence-corrected chi connectivity index (χ4v) is 9.00. The van der Waals surface area contributed by atoms with Gasteiger partial charge in [-0.3, -0.25) is 34.2 Å². The van der Waals surface area contributed by atoms with Gasteiger partial charge < -0.3 is 34.2 Å². The molecule has 5 aromatic rings. The van der Waals surface area contributed by atoms with Gasteiger partial charge in [0.1, 0.15) is 29.2 Å². The van der Waals surface area contributed by atoms with Gasteiger partial charge in [0.05, 0.1) is 75.1 Å². The van der Waals surface area contributed by atoms with Gasteiger partial charge in [0, 0.05) is 51.4 Å². The number of piperazine rings is 1. The molecule has 18 nitrogen and oxygen atoms in total. The van der Waals surface area contributed by atoms with Crippen LogP contribution >= 0.6 is 0 Å². The molecule has 4 aliphatic rings. The molecule has 7 heterocycles. The van der Waals surface area contributed by atoms with Gasteiger partial charge in [0.2, 0.25) is 17.7 Å². The van der Waals surface area contributed by atoms with E-state index in [9.17, 15) is 28.4 Å².